The van der Waals surface area contributed by atoms with Crippen molar-refractivity contribution in [3.05, 3.63) is 0 Å². The fourth-order valence-corrected chi connectivity index (χ4v) is 1.60. The molecule has 1 saturated heterocycles. The van der Waals surface area contributed by atoms with Crippen molar-refractivity contribution in [3.8, 4) is 0 Å². The van der Waals surface area contributed by atoms with Crippen molar-refractivity contribution >= 4 is 6.29 Å². The van der Waals surface area contributed by atoms with Gasteiger partial charge in [-0.3, -0.25) is 0 Å². The van der Waals surface area contributed by atoms with Crippen LogP contribution in [-0.4, -0.2) is 48.1 Å². The fraction of sp³-hybridized carbons (Fsp3) is 0.875. The van der Waals surface area contributed by atoms with Gasteiger partial charge in [-0.05, 0) is 7.05 Å². The average Bonchev–Trinajstić information content (AvgIpc) is 2.12. The number of hydrogen-bond donors (Lipinski definition) is 3. The number of aliphatic hydroxyl groups is 2. The number of carbonyl (C=O) groups excluding carboxylic acids is 1. The molecule has 0 aliphatic carbocycles. The van der Waals surface area contributed by atoms with Crippen LogP contribution in [0.2, 0.25) is 0 Å². The lowest BCUT2D eigenvalue weighted by Gasteiger charge is -2.39. The molecule has 5 unspecified atom stereocenters. The first-order valence-corrected chi connectivity index (χ1v) is 4.26. The standard InChI is InChI=1S/C8H15NO4/c1-4-6(9-2)7(11)5(3-10)13-8(4)12/h3-9,11-12H,1-2H3. The van der Waals surface area contributed by atoms with E-state index in [1.165, 1.54) is 0 Å². The van der Waals surface area contributed by atoms with E-state index in [1.54, 1.807) is 14.0 Å². The summed E-state index contributed by atoms with van der Waals surface area (Å²) >= 11 is 0. The molecule has 5 atom stereocenters. The number of hydrogen-bond acceptors (Lipinski definition) is 5. The lowest BCUT2D eigenvalue weighted by molar-refractivity contribution is -0.225. The summed E-state index contributed by atoms with van der Waals surface area (Å²) in [5, 5.41) is 21.8. The first kappa shape index (κ1) is 10.6. The van der Waals surface area contributed by atoms with Crippen LogP contribution >= 0.6 is 0 Å². The summed E-state index contributed by atoms with van der Waals surface area (Å²) in [6.07, 6.45) is -2.34. The molecule has 0 bridgehead atoms. The van der Waals surface area contributed by atoms with Crippen molar-refractivity contribution in [2.45, 2.75) is 31.5 Å². The Morgan fingerprint density at radius 1 is 1.46 bits per heavy atom. The van der Waals surface area contributed by atoms with E-state index < -0.39 is 18.5 Å². The van der Waals surface area contributed by atoms with Crippen LogP contribution in [0.15, 0.2) is 0 Å². The summed E-state index contributed by atoms with van der Waals surface area (Å²) in [5.74, 6) is -0.240. The van der Waals surface area contributed by atoms with Crippen LogP contribution in [0.3, 0.4) is 0 Å². The van der Waals surface area contributed by atoms with Gasteiger partial charge >= 0.3 is 0 Å². The van der Waals surface area contributed by atoms with Crippen LogP contribution < -0.4 is 5.32 Å². The predicted molar refractivity (Wildman–Crippen MR) is 45.0 cm³/mol. The number of rotatable bonds is 2. The predicted octanol–water partition coefficient (Wildman–Crippen LogP) is -1.51. The summed E-state index contributed by atoms with van der Waals surface area (Å²) in [6.45, 7) is 1.75. The summed E-state index contributed by atoms with van der Waals surface area (Å²) in [7, 11) is 1.67. The van der Waals surface area contributed by atoms with Gasteiger partial charge in [0.25, 0.3) is 0 Å². The fourth-order valence-electron chi connectivity index (χ4n) is 1.60. The van der Waals surface area contributed by atoms with Gasteiger partial charge in [0.05, 0.1) is 0 Å². The number of aldehydes is 1. The minimum Gasteiger partial charge on any atom is -0.388 e. The third kappa shape index (κ3) is 1.88. The van der Waals surface area contributed by atoms with Gasteiger partial charge in [-0.1, -0.05) is 6.92 Å². The number of ether oxygens (including phenoxy) is 1. The number of nitrogens with one attached hydrogen (secondary N) is 1. The van der Waals surface area contributed by atoms with Crippen molar-refractivity contribution in [1.82, 2.24) is 5.32 Å². The molecule has 1 heterocycles. The van der Waals surface area contributed by atoms with Gasteiger partial charge in [-0.2, -0.15) is 0 Å². The molecule has 0 aromatic carbocycles. The smallest absolute Gasteiger partial charge is 0.159 e. The van der Waals surface area contributed by atoms with Crippen molar-refractivity contribution in [1.29, 1.82) is 0 Å². The summed E-state index contributed by atoms with van der Waals surface area (Å²) in [4.78, 5) is 10.5. The van der Waals surface area contributed by atoms with E-state index in [4.69, 9.17) is 4.74 Å². The Balaban J connectivity index is 2.74. The van der Waals surface area contributed by atoms with Crippen LogP contribution in [0, 0.1) is 5.92 Å². The Labute approximate surface area is 76.7 Å². The van der Waals surface area contributed by atoms with E-state index in [0.717, 1.165) is 0 Å². The topological polar surface area (TPSA) is 78.8 Å². The zero-order valence-corrected chi connectivity index (χ0v) is 7.68. The Hall–Kier alpha value is -0.490. The third-order valence-electron chi connectivity index (χ3n) is 2.48. The van der Waals surface area contributed by atoms with Crippen molar-refractivity contribution in [3.63, 3.8) is 0 Å². The zero-order valence-electron chi connectivity index (χ0n) is 7.68. The molecule has 0 saturated carbocycles. The van der Waals surface area contributed by atoms with Gasteiger partial charge in [0.1, 0.15) is 12.2 Å². The molecule has 0 amide bonds. The Morgan fingerprint density at radius 3 is 2.54 bits per heavy atom. The monoisotopic (exact) mass is 189 g/mol. The second kappa shape index (κ2) is 4.15. The molecular formula is C8H15NO4. The molecule has 0 aromatic rings. The van der Waals surface area contributed by atoms with Gasteiger partial charge < -0.3 is 25.1 Å². The van der Waals surface area contributed by atoms with Crippen molar-refractivity contribution in [2.75, 3.05) is 7.05 Å². The molecule has 0 aromatic heterocycles. The minimum atomic E-state index is -1.00. The first-order chi connectivity index (χ1) is 6.11. The van der Waals surface area contributed by atoms with Gasteiger partial charge in [-0.25, -0.2) is 0 Å². The van der Waals surface area contributed by atoms with E-state index in [1.807, 2.05) is 0 Å². The van der Waals surface area contributed by atoms with E-state index in [2.05, 4.69) is 5.32 Å². The maximum absolute atomic E-state index is 10.5. The van der Waals surface area contributed by atoms with Crippen molar-refractivity contribution < 1.29 is 19.7 Å². The van der Waals surface area contributed by atoms with Crippen LogP contribution in [0.1, 0.15) is 6.92 Å². The zero-order chi connectivity index (χ0) is 10.0. The van der Waals surface area contributed by atoms with Gasteiger partial charge in [0.15, 0.2) is 12.6 Å². The highest BCUT2D eigenvalue weighted by atomic mass is 16.6. The van der Waals surface area contributed by atoms with Gasteiger partial charge in [0, 0.05) is 12.0 Å². The molecule has 13 heavy (non-hydrogen) atoms. The molecule has 1 fully saturated rings. The molecule has 0 radical (unpaired) electrons. The van der Waals surface area contributed by atoms with Crippen LogP contribution in [-0.2, 0) is 9.53 Å². The normalized spacial score (nSPS) is 46.0. The van der Waals surface area contributed by atoms with Crippen LogP contribution in [0.25, 0.3) is 0 Å². The molecule has 5 nitrogen and oxygen atoms in total. The molecule has 1 rings (SSSR count). The number of carbonyl (C=O) groups is 1. The van der Waals surface area contributed by atoms with E-state index in [9.17, 15) is 15.0 Å². The number of aliphatic hydroxyl groups excluding tert-OH is 2. The average molecular weight is 189 g/mol. The minimum absolute atomic E-state index is 0.240. The highest BCUT2D eigenvalue weighted by Crippen LogP contribution is 2.23. The second-order valence-corrected chi connectivity index (χ2v) is 3.29. The van der Waals surface area contributed by atoms with Crippen LogP contribution in [0.5, 0.6) is 0 Å². The Morgan fingerprint density at radius 2 is 2.08 bits per heavy atom. The highest BCUT2D eigenvalue weighted by molar-refractivity contribution is 5.57. The van der Waals surface area contributed by atoms with E-state index in [-0.39, 0.29) is 12.0 Å². The van der Waals surface area contributed by atoms with Crippen molar-refractivity contribution in [2.24, 2.45) is 5.92 Å². The molecule has 0 spiro atoms. The maximum Gasteiger partial charge on any atom is 0.159 e. The summed E-state index contributed by atoms with van der Waals surface area (Å²) in [6, 6.07) is -0.320. The summed E-state index contributed by atoms with van der Waals surface area (Å²) < 4.78 is 4.89. The Kier molecular flexibility index (Phi) is 3.38. The molecule has 76 valence electrons. The van der Waals surface area contributed by atoms with E-state index in [0.29, 0.717) is 6.29 Å². The molecule has 1 aliphatic rings. The molecule has 3 N–H and O–H groups in total. The van der Waals surface area contributed by atoms with Gasteiger partial charge in [-0.15, -0.1) is 0 Å². The Bertz CT molecular complexity index is 187. The third-order valence-corrected chi connectivity index (χ3v) is 2.48. The van der Waals surface area contributed by atoms with Crippen LogP contribution in [0.4, 0.5) is 0 Å². The second-order valence-electron chi connectivity index (χ2n) is 3.29. The largest absolute Gasteiger partial charge is 0.388 e. The molecule has 1 aliphatic heterocycles. The highest BCUT2D eigenvalue weighted by Gasteiger charge is 2.41. The summed E-state index contributed by atoms with van der Waals surface area (Å²) in [5.41, 5.74) is 0. The first-order valence-electron chi connectivity index (χ1n) is 4.26. The van der Waals surface area contributed by atoms with Gasteiger partial charge in [0.2, 0.25) is 0 Å². The lowest BCUT2D eigenvalue weighted by atomic mass is 9.90. The number of likely N-dealkylation sites (N-methyl/N-ethyl adjacent to an activating group) is 1. The lowest BCUT2D eigenvalue weighted by Crippen LogP contribution is -2.58. The molecule has 5 heteroatoms. The van der Waals surface area contributed by atoms with E-state index >= 15 is 0 Å². The quantitative estimate of drug-likeness (QED) is 0.460. The SMILES string of the molecule is CNC1C(C)C(O)OC(C=O)C1O. The molecular weight excluding hydrogens is 174 g/mol. The maximum atomic E-state index is 10.5.